The van der Waals surface area contributed by atoms with Crippen LogP contribution in [0.2, 0.25) is 0 Å². The van der Waals surface area contributed by atoms with Gasteiger partial charge in [0.25, 0.3) is 0 Å². The van der Waals surface area contributed by atoms with Crippen LogP contribution in [0.5, 0.6) is 0 Å². The first kappa shape index (κ1) is 10.4. The maximum atomic E-state index is 10.8. The Hall–Kier alpha value is -1.15. The third kappa shape index (κ3) is 1.70. The van der Waals surface area contributed by atoms with Crippen LogP contribution in [0.15, 0.2) is 24.3 Å². The zero-order chi connectivity index (χ0) is 10.8. The van der Waals surface area contributed by atoms with Crippen molar-refractivity contribution in [3.63, 3.8) is 0 Å². The Balaban J connectivity index is 2.37. The van der Waals surface area contributed by atoms with Crippen molar-refractivity contribution >= 4 is 6.29 Å². The number of benzene rings is 1. The SMILES string of the molecule is CCC1Cc2ccccc2C1C(N)C=O. The lowest BCUT2D eigenvalue weighted by atomic mass is 9.85. The van der Waals surface area contributed by atoms with E-state index in [-0.39, 0.29) is 12.0 Å². The van der Waals surface area contributed by atoms with Crippen LogP contribution in [-0.2, 0) is 11.2 Å². The summed E-state index contributed by atoms with van der Waals surface area (Å²) in [6, 6.07) is 8.00. The summed E-state index contributed by atoms with van der Waals surface area (Å²) < 4.78 is 0. The van der Waals surface area contributed by atoms with Crippen molar-refractivity contribution in [2.75, 3.05) is 0 Å². The van der Waals surface area contributed by atoms with Gasteiger partial charge in [-0.15, -0.1) is 0 Å². The van der Waals surface area contributed by atoms with Gasteiger partial charge in [0.05, 0.1) is 6.04 Å². The van der Waals surface area contributed by atoms with Gasteiger partial charge in [-0.25, -0.2) is 0 Å². The van der Waals surface area contributed by atoms with Crippen LogP contribution >= 0.6 is 0 Å². The van der Waals surface area contributed by atoms with E-state index >= 15 is 0 Å². The van der Waals surface area contributed by atoms with Gasteiger partial charge < -0.3 is 10.5 Å². The third-order valence-electron chi connectivity index (χ3n) is 3.50. The molecule has 0 aromatic heterocycles. The summed E-state index contributed by atoms with van der Waals surface area (Å²) in [7, 11) is 0. The monoisotopic (exact) mass is 203 g/mol. The Kier molecular flexibility index (Phi) is 2.87. The molecule has 80 valence electrons. The first-order valence-corrected chi connectivity index (χ1v) is 5.56. The van der Waals surface area contributed by atoms with Gasteiger partial charge >= 0.3 is 0 Å². The summed E-state index contributed by atoms with van der Waals surface area (Å²) in [5.74, 6) is 0.756. The van der Waals surface area contributed by atoms with Crippen molar-refractivity contribution in [1.29, 1.82) is 0 Å². The number of aldehydes is 1. The molecule has 0 saturated carbocycles. The second-order valence-electron chi connectivity index (χ2n) is 4.31. The lowest BCUT2D eigenvalue weighted by Gasteiger charge is -2.21. The maximum Gasteiger partial charge on any atom is 0.137 e. The zero-order valence-electron chi connectivity index (χ0n) is 9.02. The van der Waals surface area contributed by atoms with Gasteiger partial charge in [-0.3, -0.25) is 0 Å². The molecule has 0 amide bonds. The second kappa shape index (κ2) is 4.15. The van der Waals surface area contributed by atoms with Gasteiger partial charge in [-0.1, -0.05) is 37.6 Å². The van der Waals surface area contributed by atoms with Crippen LogP contribution < -0.4 is 5.73 Å². The predicted octanol–water partition coefficient (Wildman–Crippen LogP) is 1.88. The van der Waals surface area contributed by atoms with E-state index in [4.69, 9.17) is 5.73 Å². The molecule has 0 radical (unpaired) electrons. The molecule has 2 nitrogen and oxygen atoms in total. The molecule has 3 atom stereocenters. The van der Waals surface area contributed by atoms with Gasteiger partial charge in [0.15, 0.2) is 0 Å². The number of rotatable bonds is 3. The molecule has 0 aliphatic heterocycles. The molecule has 0 bridgehead atoms. The van der Waals surface area contributed by atoms with E-state index < -0.39 is 0 Å². The minimum Gasteiger partial charge on any atom is -0.321 e. The molecule has 2 N–H and O–H groups in total. The van der Waals surface area contributed by atoms with Crippen molar-refractivity contribution in [2.45, 2.75) is 31.7 Å². The Bertz CT molecular complexity index is 361. The summed E-state index contributed by atoms with van der Waals surface area (Å²) in [4.78, 5) is 10.8. The number of nitrogens with two attached hydrogens (primary N) is 1. The van der Waals surface area contributed by atoms with E-state index in [1.165, 1.54) is 11.1 Å². The standard InChI is InChI=1S/C13H17NO/c1-2-9-7-10-5-3-4-6-11(10)13(9)12(14)8-15/h3-6,8-9,12-13H,2,7,14H2,1H3. The van der Waals surface area contributed by atoms with Crippen LogP contribution in [0.25, 0.3) is 0 Å². The molecular weight excluding hydrogens is 186 g/mol. The zero-order valence-corrected chi connectivity index (χ0v) is 9.02. The molecule has 1 aromatic carbocycles. The highest BCUT2D eigenvalue weighted by molar-refractivity contribution is 5.61. The van der Waals surface area contributed by atoms with Crippen molar-refractivity contribution in [3.05, 3.63) is 35.4 Å². The molecule has 0 fully saturated rings. The number of hydrogen-bond acceptors (Lipinski definition) is 2. The van der Waals surface area contributed by atoms with Crippen molar-refractivity contribution in [3.8, 4) is 0 Å². The van der Waals surface area contributed by atoms with E-state index in [2.05, 4.69) is 25.1 Å². The first-order valence-electron chi connectivity index (χ1n) is 5.56. The summed E-state index contributed by atoms with van der Waals surface area (Å²) >= 11 is 0. The Labute approximate surface area is 90.5 Å². The summed E-state index contributed by atoms with van der Waals surface area (Å²) in [6.45, 7) is 2.17. The molecule has 3 unspecified atom stereocenters. The van der Waals surface area contributed by atoms with Gasteiger partial charge in [-0.2, -0.15) is 0 Å². The van der Waals surface area contributed by atoms with E-state index in [1.54, 1.807) is 0 Å². The second-order valence-corrected chi connectivity index (χ2v) is 4.31. The Morgan fingerprint density at radius 3 is 2.93 bits per heavy atom. The average Bonchev–Trinajstić information content (AvgIpc) is 2.66. The summed E-state index contributed by atoms with van der Waals surface area (Å²) in [5.41, 5.74) is 8.54. The third-order valence-corrected chi connectivity index (χ3v) is 3.50. The van der Waals surface area contributed by atoms with Crippen LogP contribution in [0.1, 0.15) is 30.4 Å². The largest absolute Gasteiger partial charge is 0.321 e. The highest BCUT2D eigenvalue weighted by Gasteiger charge is 2.34. The molecule has 0 saturated heterocycles. The van der Waals surface area contributed by atoms with Crippen LogP contribution in [0.3, 0.4) is 0 Å². The normalized spacial score (nSPS) is 26.0. The Morgan fingerprint density at radius 1 is 1.53 bits per heavy atom. The lowest BCUT2D eigenvalue weighted by molar-refractivity contribution is -0.109. The van der Waals surface area contributed by atoms with Crippen molar-refractivity contribution < 1.29 is 4.79 Å². The van der Waals surface area contributed by atoms with Crippen LogP contribution in [-0.4, -0.2) is 12.3 Å². The fourth-order valence-electron chi connectivity index (χ4n) is 2.71. The molecule has 1 aliphatic rings. The first-order chi connectivity index (χ1) is 7.27. The van der Waals surface area contributed by atoms with E-state index in [0.29, 0.717) is 5.92 Å². The highest BCUT2D eigenvalue weighted by atomic mass is 16.1. The molecule has 1 aliphatic carbocycles. The highest BCUT2D eigenvalue weighted by Crippen LogP contribution is 2.40. The smallest absolute Gasteiger partial charge is 0.137 e. The molecule has 2 rings (SSSR count). The predicted molar refractivity (Wildman–Crippen MR) is 60.7 cm³/mol. The van der Waals surface area contributed by atoms with Crippen LogP contribution in [0, 0.1) is 5.92 Å². The lowest BCUT2D eigenvalue weighted by Crippen LogP contribution is -2.32. The molecule has 1 aromatic rings. The summed E-state index contributed by atoms with van der Waals surface area (Å²) in [6.07, 6.45) is 3.04. The van der Waals surface area contributed by atoms with Gasteiger partial charge in [-0.05, 0) is 23.5 Å². The van der Waals surface area contributed by atoms with E-state index in [1.807, 2.05) is 6.07 Å². The molecule has 15 heavy (non-hydrogen) atoms. The fraction of sp³-hybridized carbons (Fsp3) is 0.462. The molecule has 2 heteroatoms. The van der Waals surface area contributed by atoms with E-state index in [9.17, 15) is 4.79 Å². The fourth-order valence-corrected chi connectivity index (χ4v) is 2.71. The minimum atomic E-state index is -0.349. The van der Waals surface area contributed by atoms with Gasteiger partial charge in [0.1, 0.15) is 6.29 Å². The molecular formula is C13H17NO. The molecule has 0 spiro atoms. The van der Waals surface area contributed by atoms with E-state index in [0.717, 1.165) is 19.1 Å². The van der Waals surface area contributed by atoms with Crippen molar-refractivity contribution in [2.24, 2.45) is 11.7 Å². The number of carbonyl (C=O) groups excluding carboxylic acids is 1. The topological polar surface area (TPSA) is 43.1 Å². The van der Waals surface area contributed by atoms with Crippen LogP contribution in [0.4, 0.5) is 0 Å². The minimum absolute atomic E-state index is 0.226. The number of fused-ring (bicyclic) bond motifs is 1. The number of hydrogen-bond donors (Lipinski definition) is 1. The van der Waals surface area contributed by atoms with Crippen molar-refractivity contribution in [1.82, 2.24) is 0 Å². The maximum absolute atomic E-state index is 10.8. The van der Waals surface area contributed by atoms with Gasteiger partial charge in [0, 0.05) is 5.92 Å². The quantitative estimate of drug-likeness (QED) is 0.762. The summed E-state index contributed by atoms with van der Waals surface area (Å²) in [5, 5.41) is 0. The number of carbonyl (C=O) groups is 1. The Morgan fingerprint density at radius 2 is 2.27 bits per heavy atom. The van der Waals surface area contributed by atoms with Gasteiger partial charge in [0.2, 0.25) is 0 Å². The average molecular weight is 203 g/mol. The molecule has 0 heterocycles.